The first-order valence-electron chi connectivity index (χ1n) is 6.85. The van der Waals surface area contributed by atoms with Gasteiger partial charge in [-0.1, -0.05) is 28.6 Å². The number of amides is 1. The Labute approximate surface area is 125 Å². The molecule has 1 fully saturated rings. The van der Waals surface area contributed by atoms with Gasteiger partial charge in [-0.3, -0.25) is 10.1 Å². The maximum atomic E-state index is 12.2. The number of para-hydroxylation sites is 1. The Morgan fingerprint density at radius 3 is 3.05 bits per heavy atom. The quantitative estimate of drug-likeness (QED) is 0.800. The molecule has 1 aliphatic carbocycles. The molecule has 0 saturated heterocycles. The summed E-state index contributed by atoms with van der Waals surface area (Å²) in [6, 6.07) is 7.72. The summed E-state index contributed by atoms with van der Waals surface area (Å²) in [6.45, 7) is 2.01. The summed E-state index contributed by atoms with van der Waals surface area (Å²) in [7, 11) is 0. The molecular weight excluding hydrogens is 286 g/mol. The zero-order chi connectivity index (χ0) is 14.4. The van der Waals surface area contributed by atoms with Gasteiger partial charge in [0.15, 0.2) is 10.8 Å². The number of fused-ring (bicyclic) bond motifs is 1. The van der Waals surface area contributed by atoms with E-state index in [2.05, 4.69) is 15.5 Å². The molecule has 1 amide bonds. The van der Waals surface area contributed by atoms with E-state index in [1.807, 2.05) is 25.1 Å². The third-order valence-electron chi connectivity index (χ3n) is 3.58. The van der Waals surface area contributed by atoms with Crippen LogP contribution in [0, 0.1) is 6.92 Å². The maximum absolute atomic E-state index is 12.2. The van der Waals surface area contributed by atoms with Crippen molar-refractivity contribution >= 4 is 32.6 Å². The fraction of sp³-hybridized carbons (Fsp3) is 0.267. The van der Waals surface area contributed by atoms with E-state index in [9.17, 15) is 4.79 Å². The molecule has 2 aromatic heterocycles. The lowest BCUT2D eigenvalue weighted by molar-refractivity contribution is 0.101. The van der Waals surface area contributed by atoms with Crippen molar-refractivity contribution in [2.24, 2.45) is 0 Å². The molecule has 5 nitrogen and oxygen atoms in total. The summed E-state index contributed by atoms with van der Waals surface area (Å²) >= 11 is 1.46. The fourth-order valence-electron chi connectivity index (χ4n) is 2.26. The van der Waals surface area contributed by atoms with Gasteiger partial charge in [0.1, 0.15) is 5.76 Å². The molecule has 1 aromatic carbocycles. The van der Waals surface area contributed by atoms with Crippen LogP contribution < -0.4 is 5.32 Å². The van der Waals surface area contributed by atoms with Crippen molar-refractivity contribution in [2.75, 3.05) is 5.32 Å². The minimum atomic E-state index is -0.276. The normalized spacial score (nSPS) is 14.5. The summed E-state index contributed by atoms with van der Waals surface area (Å²) in [6.07, 6.45) is 2.24. The second-order valence-corrected chi connectivity index (χ2v) is 6.31. The number of carbonyl (C=O) groups excluding carboxylic acids is 1. The van der Waals surface area contributed by atoms with Gasteiger partial charge in [-0.15, -0.1) is 0 Å². The lowest BCUT2D eigenvalue weighted by atomic mass is 10.2. The fourth-order valence-corrected chi connectivity index (χ4v) is 3.20. The van der Waals surface area contributed by atoms with Crippen LogP contribution >= 0.6 is 11.3 Å². The van der Waals surface area contributed by atoms with Crippen molar-refractivity contribution in [1.29, 1.82) is 0 Å². The van der Waals surface area contributed by atoms with Gasteiger partial charge in [-0.05, 0) is 31.4 Å². The van der Waals surface area contributed by atoms with Crippen molar-refractivity contribution < 1.29 is 9.32 Å². The summed E-state index contributed by atoms with van der Waals surface area (Å²) in [5.74, 6) is 0.979. The number of hydrogen-bond acceptors (Lipinski definition) is 5. The number of nitrogens with zero attached hydrogens (tertiary/aromatic N) is 2. The number of rotatable bonds is 3. The van der Waals surface area contributed by atoms with Crippen LogP contribution in [0.4, 0.5) is 5.13 Å². The Bertz CT molecular complexity index is 832. The summed E-state index contributed by atoms with van der Waals surface area (Å²) in [5, 5.41) is 7.21. The average Bonchev–Trinajstić information content (AvgIpc) is 3.04. The number of nitrogens with one attached hydrogen (secondary N) is 1. The number of aromatic nitrogens is 2. The second-order valence-electron chi connectivity index (χ2n) is 5.28. The monoisotopic (exact) mass is 299 g/mol. The number of aryl methyl sites for hydroxylation is 1. The minimum Gasteiger partial charge on any atom is -0.360 e. The van der Waals surface area contributed by atoms with Crippen molar-refractivity contribution in [3.8, 4) is 0 Å². The molecule has 1 aliphatic rings. The molecule has 3 aromatic rings. The van der Waals surface area contributed by atoms with Gasteiger partial charge in [-0.2, -0.15) is 0 Å². The van der Waals surface area contributed by atoms with Crippen molar-refractivity contribution in [3.05, 3.63) is 41.3 Å². The molecule has 1 saturated carbocycles. The molecule has 0 unspecified atom stereocenters. The summed E-state index contributed by atoms with van der Waals surface area (Å²) in [5.41, 5.74) is 2.34. The smallest absolute Gasteiger partial charge is 0.279 e. The van der Waals surface area contributed by atoms with E-state index in [0.717, 1.165) is 34.4 Å². The van der Waals surface area contributed by atoms with Gasteiger partial charge in [-0.25, -0.2) is 4.98 Å². The zero-order valence-corrected chi connectivity index (χ0v) is 12.2. The first kappa shape index (κ1) is 12.5. The maximum Gasteiger partial charge on any atom is 0.279 e. The number of anilines is 1. The van der Waals surface area contributed by atoms with Crippen molar-refractivity contribution in [3.63, 3.8) is 0 Å². The highest BCUT2D eigenvalue weighted by Crippen LogP contribution is 2.40. The minimum absolute atomic E-state index is 0.276. The molecule has 2 heterocycles. The van der Waals surface area contributed by atoms with Gasteiger partial charge in [0.05, 0.1) is 10.2 Å². The molecule has 106 valence electrons. The SMILES string of the molecule is Cc1cccc2sc(NC(=O)c3cc(C4CC4)on3)nc12. The largest absolute Gasteiger partial charge is 0.360 e. The molecule has 0 aliphatic heterocycles. The van der Waals surface area contributed by atoms with Crippen molar-refractivity contribution in [2.45, 2.75) is 25.7 Å². The van der Waals surface area contributed by atoms with E-state index >= 15 is 0 Å². The Kier molecular flexibility index (Phi) is 2.78. The molecule has 0 spiro atoms. The topological polar surface area (TPSA) is 68.0 Å². The summed E-state index contributed by atoms with van der Waals surface area (Å²) in [4.78, 5) is 16.6. The number of thiazole rings is 1. The van der Waals surface area contributed by atoms with E-state index in [1.165, 1.54) is 11.3 Å². The highest BCUT2D eigenvalue weighted by Gasteiger charge is 2.29. The predicted octanol–water partition coefficient (Wildman–Crippen LogP) is 3.72. The highest BCUT2D eigenvalue weighted by atomic mass is 32.1. The third kappa shape index (κ3) is 2.31. The van der Waals surface area contributed by atoms with E-state index in [1.54, 1.807) is 6.07 Å². The van der Waals surface area contributed by atoms with E-state index in [0.29, 0.717) is 16.7 Å². The number of hydrogen-bond donors (Lipinski definition) is 1. The van der Waals surface area contributed by atoms with E-state index < -0.39 is 0 Å². The van der Waals surface area contributed by atoms with Crippen LogP contribution in [-0.2, 0) is 0 Å². The zero-order valence-electron chi connectivity index (χ0n) is 11.4. The molecule has 1 N–H and O–H groups in total. The second kappa shape index (κ2) is 4.66. The van der Waals surface area contributed by atoms with Gasteiger partial charge < -0.3 is 4.52 Å². The lowest BCUT2D eigenvalue weighted by Crippen LogP contribution is -2.11. The van der Waals surface area contributed by atoms with Crippen LogP contribution in [-0.4, -0.2) is 16.0 Å². The Morgan fingerprint density at radius 1 is 1.43 bits per heavy atom. The molecule has 0 atom stereocenters. The Hall–Kier alpha value is -2.21. The third-order valence-corrected chi connectivity index (χ3v) is 4.52. The molecular formula is C15H13N3O2S. The Balaban J connectivity index is 1.58. The lowest BCUT2D eigenvalue weighted by Gasteiger charge is -1.95. The van der Waals surface area contributed by atoms with Crippen LogP contribution in [0.25, 0.3) is 10.2 Å². The standard InChI is InChI=1S/C15H13N3O2S/c1-8-3-2-4-12-13(8)16-15(21-12)17-14(19)10-7-11(20-18-10)9-5-6-9/h2-4,7,9H,5-6H2,1H3,(H,16,17,19). The van der Waals surface area contributed by atoms with Crippen LogP contribution in [0.3, 0.4) is 0 Å². The van der Waals surface area contributed by atoms with Crippen LogP contribution in [0.2, 0.25) is 0 Å². The van der Waals surface area contributed by atoms with E-state index in [4.69, 9.17) is 4.52 Å². The van der Waals surface area contributed by atoms with Crippen LogP contribution in [0.1, 0.15) is 40.6 Å². The molecule has 6 heteroatoms. The average molecular weight is 299 g/mol. The van der Waals surface area contributed by atoms with E-state index in [-0.39, 0.29) is 5.91 Å². The molecule has 4 rings (SSSR count). The molecule has 0 radical (unpaired) electrons. The number of carbonyl (C=O) groups is 1. The van der Waals surface area contributed by atoms with Crippen LogP contribution in [0.15, 0.2) is 28.8 Å². The van der Waals surface area contributed by atoms with Gasteiger partial charge >= 0.3 is 0 Å². The highest BCUT2D eigenvalue weighted by molar-refractivity contribution is 7.22. The van der Waals surface area contributed by atoms with Gasteiger partial charge in [0, 0.05) is 12.0 Å². The first-order chi connectivity index (χ1) is 10.2. The van der Waals surface area contributed by atoms with Crippen molar-refractivity contribution in [1.82, 2.24) is 10.1 Å². The first-order valence-corrected chi connectivity index (χ1v) is 7.66. The Morgan fingerprint density at radius 2 is 2.29 bits per heavy atom. The van der Waals surface area contributed by atoms with Gasteiger partial charge in [0.25, 0.3) is 5.91 Å². The molecule has 0 bridgehead atoms. The predicted molar refractivity (Wildman–Crippen MR) is 80.8 cm³/mol. The number of benzene rings is 1. The van der Waals surface area contributed by atoms with Gasteiger partial charge in [0.2, 0.25) is 0 Å². The summed E-state index contributed by atoms with van der Waals surface area (Å²) < 4.78 is 6.26. The molecule has 21 heavy (non-hydrogen) atoms. The van der Waals surface area contributed by atoms with Crippen LogP contribution in [0.5, 0.6) is 0 Å².